The van der Waals surface area contributed by atoms with Crippen LogP contribution >= 0.6 is 11.6 Å². The van der Waals surface area contributed by atoms with Gasteiger partial charge < -0.3 is 9.84 Å². The highest BCUT2D eigenvalue weighted by molar-refractivity contribution is 6.31. The maximum absolute atomic E-state index is 5.93. The first-order valence-electron chi connectivity index (χ1n) is 4.32. The average molecular weight is 207 g/mol. The van der Waals surface area contributed by atoms with Gasteiger partial charge >= 0.3 is 0 Å². The van der Waals surface area contributed by atoms with Crippen LogP contribution in [-0.2, 0) is 6.54 Å². The predicted molar refractivity (Wildman–Crippen MR) is 54.3 cm³/mol. The van der Waals surface area contributed by atoms with Crippen molar-refractivity contribution >= 4 is 17.3 Å². The van der Waals surface area contributed by atoms with E-state index in [4.69, 9.17) is 16.1 Å². The van der Waals surface area contributed by atoms with Gasteiger partial charge in [0.15, 0.2) is 5.76 Å². The van der Waals surface area contributed by atoms with Gasteiger partial charge in [0.1, 0.15) is 0 Å². The smallest absolute Gasteiger partial charge is 0.163 e. The molecule has 4 heteroatoms. The van der Waals surface area contributed by atoms with Gasteiger partial charge in [-0.25, -0.2) is 0 Å². The van der Waals surface area contributed by atoms with E-state index in [1.165, 1.54) is 0 Å². The number of hydrogen-bond acceptors (Lipinski definition) is 3. The Morgan fingerprint density at radius 3 is 3.21 bits per heavy atom. The second-order valence-electron chi connectivity index (χ2n) is 3.21. The number of nitrogens with one attached hydrogen (secondary N) is 1. The van der Waals surface area contributed by atoms with Crippen LogP contribution in [0.3, 0.4) is 0 Å². The molecular formula is C10H7ClN2O. The standard InChI is InChI=1S/C10H7ClN2O/c11-6-1-2-9-7(3-6)8-4-13-14-10(8)5-12-9/h1-4,12H,5H2. The lowest BCUT2D eigenvalue weighted by Gasteiger charge is -2.16. The Labute approximate surface area is 85.7 Å². The molecule has 0 radical (unpaired) electrons. The van der Waals surface area contributed by atoms with Crippen molar-refractivity contribution in [2.75, 3.05) is 5.32 Å². The summed E-state index contributed by atoms with van der Waals surface area (Å²) >= 11 is 5.93. The Hall–Kier alpha value is -1.48. The number of rotatable bonds is 0. The zero-order valence-corrected chi connectivity index (χ0v) is 8.01. The Bertz CT molecular complexity index is 493. The summed E-state index contributed by atoms with van der Waals surface area (Å²) in [7, 11) is 0. The number of anilines is 1. The third kappa shape index (κ3) is 1.02. The summed E-state index contributed by atoms with van der Waals surface area (Å²) in [5, 5.41) is 7.74. The van der Waals surface area contributed by atoms with E-state index >= 15 is 0 Å². The number of benzene rings is 1. The molecule has 0 bridgehead atoms. The average Bonchev–Trinajstić information content (AvgIpc) is 2.65. The van der Waals surface area contributed by atoms with E-state index in [1.54, 1.807) is 6.20 Å². The summed E-state index contributed by atoms with van der Waals surface area (Å²) in [5.41, 5.74) is 3.16. The quantitative estimate of drug-likeness (QED) is 0.720. The normalized spacial score (nSPS) is 12.9. The fourth-order valence-corrected chi connectivity index (χ4v) is 1.85. The van der Waals surface area contributed by atoms with E-state index in [-0.39, 0.29) is 0 Å². The highest BCUT2D eigenvalue weighted by Gasteiger charge is 2.18. The summed E-state index contributed by atoms with van der Waals surface area (Å²) in [6.45, 7) is 0.684. The number of hydrogen-bond donors (Lipinski definition) is 1. The van der Waals surface area contributed by atoms with Crippen LogP contribution < -0.4 is 5.32 Å². The van der Waals surface area contributed by atoms with Crippen molar-refractivity contribution in [3.63, 3.8) is 0 Å². The van der Waals surface area contributed by atoms with Gasteiger partial charge in [0.2, 0.25) is 0 Å². The van der Waals surface area contributed by atoms with Crippen molar-refractivity contribution < 1.29 is 4.52 Å². The number of halogens is 1. The van der Waals surface area contributed by atoms with Crippen LogP contribution in [0.4, 0.5) is 5.69 Å². The molecule has 0 unspecified atom stereocenters. The molecule has 1 aliphatic rings. The van der Waals surface area contributed by atoms with E-state index in [9.17, 15) is 0 Å². The Morgan fingerprint density at radius 2 is 2.29 bits per heavy atom. The fourth-order valence-electron chi connectivity index (χ4n) is 1.68. The molecule has 1 aromatic carbocycles. The molecule has 2 aromatic rings. The monoisotopic (exact) mass is 206 g/mol. The molecule has 14 heavy (non-hydrogen) atoms. The lowest BCUT2D eigenvalue weighted by Crippen LogP contribution is -2.06. The molecule has 0 atom stereocenters. The first-order chi connectivity index (χ1) is 6.84. The molecule has 0 aliphatic carbocycles. The first-order valence-corrected chi connectivity index (χ1v) is 4.70. The largest absolute Gasteiger partial charge is 0.377 e. The summed E-state index contributed by atoms with van der Waals surface area (Å²) < 4.78 is 5.10. The number of nitrogens with zero attached hydrogens (tertiary/aromatic N) is 1. The second kappa shape index (κ2) is 2.75. The molecule has 0 fully saturated rings. The summed E-state index contributed by atoms with van der Waals surface area (Å²) in [5.74, 6) is 0.861. The van der Waals surface area contributed by atoms with Crippen LogP contribution in [0, 0.1) is 0 Å². The van der Waals surface area contributed by atoms with Gasteiger partial charge in [-0.2, -0.15) is 0 Å². The van der Waals surface area contributed by atoms with E-state index in [0.29, 0.717) is 6.54 Å². The molecule has 70 valence electrons. The van der Waals surface area contributed by atoms with Gasteiger partial charge in [-0.3, -0.25) is 0 Å². The van der Waals surface area contributed by atoms with Gasteiger partial charge in [-0.05, 0) is 18.2 Å². The lowest BCUT2D eigenvalue weighted by molar-refractivity contribution is 0.388. The molecule has 0 saturated heterocycles. The highest BCUT2D eigenvalue weighted by Crippen LogP contribution is 2.36. The van der Waals surface area contributed by atoms with E-state index in [1.807, 2.05) is 18.2 Å². The molecule has 1 N–H and O–H groups in total. The van der Waals surface area contributed by atoms with Crippen LogP contribution in [-0.4, -0.2) is 5.16 Å². The van der Waals surface area contributed by atoms with Gasteiger partial charge in [-0.15, -0.1) is 0 Å². The van der Waals surface area contributed by atoms with Gasteiger partial charge in [0, 0.05) is 21.8 Å². The van der Waals surface area contributed by atoms with Crippen LogP contribution in [0.15, 0.2) is 28.9 Å². The van der Waals surface area contributed by atoms with E-state index in [2.05, 4.69) is 10.5 Å². The van der Waals surface area contributed by atoms with Gasteiger partial charge in [0.25, 0.3) is 0 Å². The van der Waals surface area contributed by atoms with Crippen LogP contribution in [0.5, 0.6) is 0 Å². The predicted octanol–water partition coefficient (Wildman–Crippen LogP) is 2.92. The topological polar surface area (TPSA) is 38.1 Å². The van der Waals surface area contributed by atoms with Crippen molar-refractivity contribution in [3.05, 3.63) is 35.2 Å². The fraction of sp³-hybridized carbons (Fsp3) is 0.100. The maximum Gasteiger partial charge on any atom is 0.163 e. The van der Waals surface area contributed by atoms with Crippen molar-refractivity contribution in [1.82, 2.24) is 5.16 Å². The van der Waals surface area contributed by atoms with Crippen molar-refractivity contribution in [2.24, 2.45) is 0 Å². The first kappa shape index (κ1) is 7.88. The SMILES string of the molecule is Clc1ccc2c(c1)-c1cnoc1CN2. The molecule has 0 amide bonds. The lowest BCUT2D eigenvalue weighted by atomic mass is 10.0. The summed E-state index contributed by atoms with van der Waals surface area (Å²) in [6.07, 6.45) is 1.73. The Morgan fingerprint density at radius 1 is 1.36 bits per heavy atom. The third-order valence-corrected chi connectivity index (χ3v) is 2.59. The minimum atomic E-state index is 0.684. The Balaban J connectivity index is 2.28. The molecule has 3 rings (SSSR count). The Kier molecular flexibility index (Phi) is 1.55. The maximum atomic E-state index is 5.93. The highest BCUT2D eigenvalue weighted by atomic mass is 35.5. The van der Waals surface area contributed by atoms with Crippen LogP contribution in [0.1, 0.15) is 5.76 Å². The summed E-state index contributed by atoms with van der Waals surface area (Å²) in [4.78, 5) is 0. The van der Waals surface area contributed by atoms with E-state index < -0.39 is 0 Å². The molecule has 2 heterocycles. The molecule has 0 saturated carbocycles. The van der Waals surface area contributed by atoms with Crippen molar-refractivity contribution in [2.45, 2.75) is 6.54 Å². The van der Waals surface area contributed by atoms with Crippen LogP contribution in [0.2, 0.25) is 5.02 Å². The second-order valence-corrected chi connectivity index (χ2v) is 3.64. The van der Waals surface area contributed by atoms with Gasteiger partial charge in [-0.1, -0.05) is 16.8 Å². The molecule has 3 nitrogen and oxygen atoms in total. The minimum absolute atomic E-state index is 0.684. The molecule has 1 aliphatic heterocycles. The molecule has 1 aromatic heterocycles. The molecular weight excluding hydrogens is 200 g/mol. The van der Waals surface area contributed by atoms with E-state index in [0.717, 1.165) is 27.6 Å². The van der Waals surface area contributed by atoms with Gasteiger partial charge in [0.05, 0.1) is 12.7 Å². The zero-order chi connectivity index (χ0) is 9.54. The molecule has 0 spiro atoms. The van der Waals surface area contributed by atoms with Crippen molar-refractivity contribution in [1.29, 1.82) is 0 Å². The van der Waals surface area contributed by atoms with Crippen molar-refractivity contribution in [3.8, 4) is 11.1 Å². The third-order valence-electron chi connectivity index (χ3n) is 2.36. The minimum Gasteiger partial charge on any atom is -0.377 e. The summed E-state index contributed by atoms with van der Waals surface area (Å²) in [6, 6.07) is 5.75. The number of aromatic nitrogens is 1. The number of fused-ring (bicyclic) bond motifs is 3. The zero-order valence-electron chi connectivity index (χ0n) is 7.25. The van der Waals surface area contributed by atoms with Crippen LogP contribution in [0.25, 0.3) is 11.1 Å².